The second-order valence-corrected chi connectivity index (χ2v) is 6.88. The molecular formula is C18H21NOS. The lowest BCUT2D eigenvalue weighted by atomic mass is 9.81. The molecule has 0 bridgehead atoms. The minimum atomic E-state index is 0.0762. The van der Waals surface area contributed by atoms with E-state index in [0.29, 0.717) is 11.2 Å². The fraction of sp³-hybridized carbons (Fsp3) is 0.333. The van der Waals surface area contributed by atoms with E-state index >= 15 is 0 Å². The van der Waals surface area contributed by atoms with E-state index in [1.165, 1.54) is 16.0 Å². The zero-order valence-electron chi connectivity index (χ0n) is 12.5. The number of hydrogen-bond donors (Lipinski definition) is 1. The van der Waals surface area contributed by atoms with Gasteiger partial charge in [0.1, 0.15) is 5.75 Å². The van der Waals surface area contributed by atoms with Gasteiger partial charge >= 0.3 is 0 Å². The van der Waals surface area contributed by atoms with Crippen LogP contribution in [0.3, 0.4) is 0 Å². The van der Waals surface area contributed by atoms with E-state index in [1.807, 2.05) is 23.9 Å². The van der Waals surface area contributed by atoms with E-state index < -0.39 is 0 Å². The van der Waals surface area contributed by atoms with Gasteiger partial charge in [0.25, 0.3) is 0 Å². The third-order valence-electron chi connectivity index (χ3n) is 4.22. The molecule has 1 aliphatic carbocycles. The molecule has 0 fully saturated rings. The van der Waals surface area contributed by atoms with Crippen molar-refractivity contribution in [3.8, 4) is 5.75 Å². The first-order valence-corrected chi connectivity index (χ1v) is 8.22. The first-order valence-electron chi connectivity index (χ1n) is 7.34. The molecule has 0 aromatic heterocycles. The number of nitrogens with two attached hydrogens (primary N) is 1. The van der Waals surface area contributed by atoms with Crippen molar-refractivity contribution in [1.82, 2.24) is 0 Å². The molecule has 3 unspecified atom stereocenters. The number of rotatable bonds is 3. The maximum atomic E-state index is 6.53. The van der Waals surface area contributed by atoms with Gasteiger partial charge in [0.2, 0.25) is 0 Å². The molecule has 1 aliphatic rings. The lowest BCUT2D eigenvalue weighted by molar-refractivity contribution is 0.404. The molecule has 0 saturated heterocycles. The summed E-state index contributed by atoms with van der Waals surface area (Å²) in [7, 11) is 1.72. The van der Waals surface area contributed by atoms with Gasteiger partial charge in [-0.05, 0) is 35.6 Å². The summed E-state index contributed by atoms with van der Waals surface area (Å²) in [5, 5.41) is 0.381. The van der Waals surface area contributed by atoms with E-state index in [9.17, 15) is 0 Å². The Morgan fingerprint density at radius 1 is 1.05 bits per heavy atom. The van der Waals surface area contributed by atoms with Crippen LogP contribution in [0.1, 0.15) is 36.4 Å². The van der Waals surface area contributed by atoms with Crippen LogP contribution in [0.2, 0.25) is 0 Å². The van der Waals surface area contributed by atoms with E-state index in [-0.39, 0.29) is 6.04 Å². The number of benzene rings is 2. The normalized spacial score (nSPS) is 24.4. The van der Waals surface area contributed by atoms with Crippen LogP contribution >= 0.6 is 11.8 Å². The lowest BCUT2D eigenvalue weighted by Crippen LogP contribution is -2.30. The van der Waals surface area contributed by atoms with Crippen LogP contribution in [0.5, 0.6) is 5.75 Å². The molecule has 3 atom stereocenters. The summed E-state index contributed by atoms with van der Waals surface area (Å²) >= 11 is 1.84. The smallest absolute Gasteiger partial charge is 0.132 e. The van der Waals surface area contributed by atoms with Crippen LogP contribution in [0.15, 0.2) is 53.4 Å². The molecule has 21 heavy (non-hydrogen) atoms. The molecule has 0 aliphatic heterocycles. The van der Waals surface area contributed by atoms with Gasteiger partial charge in [0, 0.05) is 16.2 Å². The topological polar surface area (TPSA) is 35.2 Å². The van der Waals surface area contributed by atoms with Crippen LogP contribution in [0, 0.1) is 0 Å². The van der Waals surface area contributed by atoms with E-state index in [1.54, 1.807) is 7.11 Å². The highest BCUT2D eigenvalue weighted by Gasteiger charge is 2.31. The monoisotopic (exact) mass is 299 g/mol. The third kappa shape index (κ3) is 2.81. The Balaban J connectivity index is 1.88. The Bertz CT molecular complexity index is 628. The van der Waals surface area contributed by atoms with Crippen molar-refractivity contribution in [2.75, 3.05) is 7.11 Å². The van der Waals surface area contributed by atoms with Gasteiger partial charge in [-0.15, -0.1) is 11.8 Å². The summed E-state index contributed by atoms with van der Waals surface area (Å²) in [6.07, 6.45) is 1.10. The molecule has 0 spiro atoms. The Morgan fingerprint density at radius 2 is 1.71 bits per heavy atom. The highest BCUT2D eigenvalue weighted by Crippen LogP contribution is 2.45. The number of hydrogen-bond acceptors (Lipinski definition) is 3. The quantitative estimate of drug-likeness (QED) is 0.914. The largest absolute Gasteiger partial charge is 0.496 e. The molecule has 0 radical (unpaired) electrons. The molecule has 0 saturated carbocycles. The average Bonchev–Trinajstić information content (AvgIpc) is 2.53. The van der Waals surface area contributed by atoms with Crippen molar-refractivity contribution in [2.24, 2.45) is 5.73 Å². The van der Waals surface area contributed by atoms with Gasteiger partial charge in [-0.25, -0.2) is 0 Å². The number of fused-ring (bicyclic) bond motifs is 1. The van der Waals surface area contributed by atoms with E-state index in [2.05, 4.69) is 43.3 Å². The first-order chi connectivity index (χ1) is 10.2. The standard InChI is InChI=1S/C18H21NOS/c1-12-11-17(18(19)14-8-4-3-7-13(12)14)21-16-10-6-5-9-15(16)20-2/h3-10,12,17-18H,11,19H2,1-2H3. The number of thioether (sulfide) groups is 1. The van der Waals surface area contributed by atoms with Gasteiger partial charge in [-0.3, -0.25) is 0 Å². The Labute approximate surface area is 130 Å². The second-order valence-electron chi connectivity index (χ2n) is 5.60. The fourth-order valence-corrected chi connectivity index (χ4v) is 4.52. The van der Waals surface area contributed by atoms with Crippen LogP contribution < -0.4 is 10.5 Å². The van der Waals surface area contributed by atoms with Crippen molar-refractivity contribution in [1.29, 1.82) is 0 Å². The Hall–Kier alpha value is -1.45. The molecule has 2 nitrogen and oxygen atoms in total. The second kappa shape index (κ2) is 6.12. The minimum Gasteiger partial charge on any atom is -0.496 e. The molecule has 3 rings (SSSR count). The molecule has 0 heterocycles. The highest BCUT2D eigenvalue weighted by molar-refractivity contribution is 8.00. The Morgan fingerprint density at radius 3 is 2.48 bits per heavy atom. The predicted molar refractivity (Wildman–Crippen MR) is 89.0 cm³/mol. The number of methoxy groups -OCH3 is 1. The van der Waals surface area contributed by atoms with E-state index in [4.69, 9.17) is 10.5 Å². The maximum absolute atomic E-state index is 6.53. The zero-order valence-corrected chi connectivity index (χ0v) is 13.3. The lowest BCUT2D eigenvalue weighted by Gasteiger charge is -2.34. The fourth-order valence-electron chi connectivity index (χ4n) is 3.09. The minimum absolute atomic E-state index is 0.0762. The summed E-state index contributed by atoms with van der Waals surface area (Å²) in [6, 6.07) is 16.8. The summed E-state index contributed by atoms with van der Waals surface area (Å²) in [5.41, 5.74) is 9.23. The van der Waals surface area contributed by atoms with Crippen molar-refractivity contribution in [3.05, 3.63) is 59.7 Å². The average molecular weight is 299 g/mol. The molecule has 2 aromatic rings. The molecule has 3 heteroatoms. The molecule has 2 N–H and O–H groups in total. The summed E-state index contributed by atoms with van der Waals surface area (Å²) in [4.78, 5) is 1.17. The summed E-state index contributed by atoms with van der Waals surface area (Å²) < 4.78 is 5.46. The Kier molecular flexibility index (Phi) is 4.22. The van der Waals surface area contributed by atoms with Gasteiger partial charge in [0.05, 0.1) is 7.11 Å². The zero-order chi connectivity index (χ0) is 14.8. The molecule has 110 valence electrons. The van der Waals surface area contributed by atoms with Crippen molar-refractivity contribution >= 4 is 11.8 Å². The van der Waals surface area contributed by atoms with Gasteiger partial charge in [0.15, 0.2) is 0 Å². The summed E-state index contributed by atoms with van der Waals surface area (Å²) in [5.74, 6) is 1.48. The van der Waals surface area contributed by atoms with Gasteiger partial charge < -0.3 is 10.5 Å². The third-order valence-corrected chi connectivity index (χ3v) is 5.60. The van der Waals surface area contributed by atoms with E-state index in [0.717, 1.165) is 12.2 Å². The van der Waals surface area contributed by atoms with Gasteiger partial charge in [-0.2, -0.15) is 0 Å². The van der Waals surface area contributed by atoms with Crippen LogP contribution in [0.25, 0.3) is 0 Å². The van der Waals surface area contributed by atoms with Crippen molar-refractivity contribution in [2.45, 2.75) is 35.4 Å². The van der Waals surface area contributed by atoms with Crippen LogP contribution in [-0.4, -0.2) is 12.4 Å². The highest BCUT2D eigenvalue weighted by atomic mass is 32.2. The molecule has 2 aromatic carbocycles. The number of ether oxygens (including phenoxy) is 1. The predicted octanol–water partition coefficient (Wildman–Crippen LogP) is 4.36. The molecular weight excluding hydrogens is 278 g/mol. The number of para-hydroxylation sites is 1. The van der Waals surface area contributed by atoms with Crippen molar-refractivity contribution in [3.63, 3.8) is 0 Å². The first kappa shape index (κ1) is 14.5. The maximum Gasteiger partial charge on any atom is 0.132 e. The van der Waals surface area contributed by atoms with Gasteiger partial charge in [-0.1, -0.05) is 43.3 Å². The van der Waals surface area contributed by atoms with Crippen LogP contribution in [0.4, 0.5) is 0 Å². The van der Waals surface area contributed by atoms with Crippen molar-refractivity contribution < 1.29 is 4.74 Å². The SMILES string of the molecule is COc1ccccc1SC1CC(C)c2ccccc2C1N. The molecule has 0 amide bonds. The van der Waals surface area contributed by atoms with Crippen LogP contribution in [-0.2, 0) is 0 Å². The summed E-state index contributed by atoms with van der Waals surface area (Å²) in [6.45, 7) is 2.29.